The maximum atomic E-state index is 15.0. The predicted octanol–water partition coefficient (Wildman–Crippen LogP) is 9.58. The first-order valence-electron chi connectivity index (χ1n) is 22.9. The van der Waals surface area contributed by atoms with Crippen molar-refractivity contribution in [3.05, 3.63) is 64.0 Å². The number of carbonyl (C=O) groups is 3. The van der Waals surface area contributed by atoms with Crippen LogP contribution in [0, 0.1) is 23.5 Å². The van der Waals surface area contributed by atoms with Crippen molar-refractivity contribution in [2.24, 2.45) is 11.8 Å². The highest BCUT2D eigenvalue weighted by Crippen LogP contribution is 2.71. The lowest BCUT2D eigenvalue weighted by Crippen LogP contribution is -2.55. The fraction of sp³-hybridized carbons (Fsp3) is 0.553. The zero-order chi connectivity index (χ0) is 46.0. The average molecular weight is 956 g/mol. The molecule has 6 atom stereocenters. The number of anilines is 1. The van der Waals surface area contributed by atoms with Gasteiger partial charge >= 0.3 is 0 Å². The molecule has 2 aliphatic heterocycles. The van der Waals surface area contributed by atoms with E-state index in [1.54, 1.807) is 18.2 Å². The van der Waals surface area contributed by atoms with Crippen LogP contribution in [0.4, 0.5) is 13.9 Å². The van der Waals surface area contributed by atoms with Crippen molar-refractivity contribution in [3.63, 3.8) is 0 Å². The van der Waals surface area contributed by atoms with E-state index in [0.717, 1.165) is 63.5 Å². The number of rotatable bonds is 12. The van der Waals surface area contributed by atoms with E-state index in [0.29, 0.717) is 64.6 Å². The Morgan fingerprint density at radius 1 is 1.02 bits per heavy atom. The number of thiazole rings is 1. The summed E-state index contributed by atoms with van der Waals surface area (Å²) in [7, 11) is -3.04. The van der Waals surface area contributed by atoms with Gasteiger partial charge in [-0.25, -0.2) is 18.7 Å². The van der Waals surface area contributed by atoms with Gasteiger partial charge in [-0.1, -0.05) is 62.6 Å². The molecule has 2 aliphatic carbocycles. The largest absolute Gasteiger partial charge is 0.495 e. The number of hydrogen-bond acceptors (Lipinski definition) is 10. The van der Waals surface area contributed by atoms with Crippen LogP contribution >= 0.6 is 30.3 Å². The Hall–Kier alpha value is -4.37. The zero-order valence-corrected chi connectivity index (χ0v) is 39.5. The highest BCUT2D eigenvalue weighted by molar-refractivity contribution is 7.59. The van der Waals surface area contributed by atoms with Crippen LogP contribution in [0.2, 0.25) is 5.02 Å². The summed E-state index contributed by atoms with van der Waals surface area (Å²) in [6.45, 7) is 3.97. The van der Waals surface area contributed by atoms with Crippen LogP contribution < -0.4 is 25.4 Å². The molecule has 0 spiro atoms. The molecule has 8 rings (SSSR count). The molecule has 2 aromatic heterocycles. The van der Waals surface area contributed by atoms with E-state index in [1.807, 2.05) is 19.2 Å². The molecule has 13 nitrogen and oxygen atoms in total. The second-order valence-electron chi connectivity index (χ2n) is 18.5. The van der Waals surface area contributed by atoms with Crippen LogP contribution in [-0.2, 0) is 25.1 Å². The molecule has 0 bridgehead atoms. The van der Waals surface area contributed by atoms with Gasteiger partial charge in [0.05, 0.1) is 31.0 Å². The molecule has 350 valence electrons. The van der Waals surface area contributed by atoms with Crippen molar-refractivity contribution in [2.75, 3.05) is 19.0 Å². The minimum atomic E-state index is -4.54. The quantitative estimate of drug-likeness (QED) is 0.100. The van der Waals surface area contributed by atoms with Crippen LogP contribution in [0.5, 0.6) is 11.5 Å². The number of nitrogens with zero attached hydrogens (tertiary/aromatic N) is 3. The van der Waals surface area contributed by atoms with Gasteiger partial charge in [0, 0.05) is 41.3 Å². The Bertz CT molecular complexity index is 2450. The molecule has 3 amide bonds. The molecular weight excluding hydrogens is 897 g/mol. The third-order valence-corrected chi connectivity index (χ3v) is 17.3. The van der Waals surface area contributed by atoms with Crippen molar-refractivity contribution in [1.29, 1.82) is 0 Å². The predicted molar refractivity (Wildman–Crippen MR) is 247 cm³/mol. The summed E-state index contributed by atoms with van der Waals surface area (Å²) in [5.74, 6) is -2.63. The smallest absolute Gasteiger partial charge is 0.245 e. The van der Waals surface area contributed by atoms with E-state index in [4.69, 9.17) is 31.0 Å². The molecular formula is C47H58ClF2N6O7PS. The molecule has 2 saturated carbocycles. The van der Waals surface area contributed by atoms with E-state index in [1.165, 1.54) is 29.4 Å². The number of fused-ring (bicyclic) bond motifs is 3. The number of hydrogen-bond donors (Lipinski definition) is 4. The van der Waals surface area contributed by atoms with Crippen molar-refractivity contribution in [3.8, 4) is 22.9 Å². The highest BCUT2D eigenvalue weighted by atomic mass is 35.5. The summed E-state index contributed by atoms with van der Waals surface area (Å²) < 4.78 is 56.8. The summed E-state index contributed by atoms with van der Waals surface area (Å²) in [6, 6.07) is 6.53. The van der Waals surface area contributed by atoms with Gasteiger partial charge in [-0.05, 0) is 82.1 Å². The van der Waals surface area contributed by atoms with E-state index < -0.39 is 71.9 Å². The van der Waals surface area contributed by atoms with Crippen LogP contribution in [0.25, 0.3) is 22.3 Å². The molecule has 65 heavy (non-hydrogen) atoms. The second kappa shape index (κ2) is 19.8. The Morgan fingerprint density at radius 3 is 2.45 bits per heavy atom. The van der Waals surface area contributed by atoms with Gasteiger partial charge in [-0.2, -0.15) is 0 Å². The van der Waals surface area contributed by atoms with Gasteiger partial charge in [0.15, 0.2) is 5.13 Å². The number of halogens is 3. The number of benzene rings is 2. The summed E-state index contributed by atoms with van der Waals surface area (Å²) in [5, 5.41) is 11.0. The SMILES string of the molecule is COc1ccc2c(O[C@@H]3C[C@H]4C(=O)N[C@]5(P(=O)(O)Cc6c(F)cccc6F)C[C@H]5CCCCCCC[C@H](NC(=O)CC5CCCC5)C(=O)N4C3)cc(-c3csc(NC(C)C)n3)nc2c1Cl. The molecule has 4 heterocycles. The van der Waals surface area contributed by atoms with Crippen molar-refractivity contribution >= 4 is 64.1 Å². The number of nitrogens with one attached hydrogen (secondary N) is 3. The summed E-state index contributed by atoms with van der Waals surface area (Å²) >= 11 is 8.30. The fourth-order valence-corrected chi connectivity index (χ4v) is 13.6. The second-order valence-corrected chi connectivity index (χ2v) is 22.3. The van der Waals surface area contributed by atoms with Crippen molar-refractivity contribution in [1.82, 2.24) is 25.5 Å². The zero-order valence-electron chi connectivity index (χ0n) is 37.0. The van der Waals surface area contributed by atoms with E-state index in [2.05, 4.69) is 16.0 Å². The first kappa shape index (κ1) is 47.1. The average Bonchev–Trinajstić information content (AvgIpc) is 3.68. The van der Waals surface area contributed by atoms with Gasteiger partial charge in [0.25, 0.3) is 0 Å². The van der Waals surface area contributed by atoms with E-state index in [9.17, 15) is 32.6 Å². The number of carbonyl (C=O) groups excluding carboxylic acids is 3. The Morgan fingerprint density at radius 2 is 1.72 bits per heavy atom. The van der Waals surface area contributed by atoms with Crippen LogP contribution in [-0.4, -0.2) is 80.6 Å². The minimum absolute atomic E-state index is 0.0130. The number of pyridine rings is 1. The summed E-state index contributed by atoms with van der Waals surface area (Å²) in [4.78, 5) is 66.3. The van der Waals surface area contributed by atoms with Gasteiger partial charge in [0.1, 0.15) is 57.3 Å². The normalized spacial score (nSPS) is 25.3. The Kier molecular flexibility index (Phi) is 14.4. The molecule has 4 N–H and O–H groups in total. The standard InChI is InChI=1S/C47H58ClF2N6O7PS/c1-27(2)51-46-54-37(26-65-46)36-22-40(31-18-19-39(62-3)42(48)43(31)53-36)63-30-21-38-44(58)55-47(64(60,61)25-32-33(49)15-11-16-34(32)50)23-29(47)14-7-5-4-6-8-17-35(45(59)56(38)24-30)52-41(57)20-28-12-9-10-13-28/h11,15-16,18-19,22,26-30,35,38H,4-10,12-14,17,20-21,23-25H2,1-3H3,(H,51,54)(H,52,57)(H,55,58)(H,60,61)/t29-,30-,35+,38+,47+/m1/s1. The van der Waals surface area contributed by atoms with Crippen LogP contribution in [0.15, 0.2) is 41.8 Å². The van der Waals surface area contributed by atoms with E-state index in [-0.39, 0.29) is 42.3 Å². The number of amides is 3. The highest BCUT2D eigenvalue weighted by Gasteiger charge is 2.66. The molecule has 0 radical (unpaired) electrons. The van der Waals surface area contributed by atoms with Crippen molar-refractivity contribution in [2.45, 2.75) is 139 Å². The molecule has 4 aromatic rings. The van der Waals surface area contributed by atoms with Gasteiger partial charge < -0.3 is 35.2 Å². The maximum Gasteiger partial charge on any atom is 0.245 e. The molecule has 2 aromatic carbocycles. The third kappa shape index (κ3) is 10.3. The Balaban J connectivity index is 1.14. The first-order chi connectivity index (χ1) is 31.2. The monoisotopic (exact) mass is 954 g/mol. The number of methoxy groups -OCH3 is 1. The third-order valence-electron chi connectivity index (χ3n) is 13.5. The minimum Gasteiger partial charge on any atom is -0.495 e. The summed E-state index contributed by atoms with van der Waals surface area (Å²) in [5.41, 5.74) is 0.913. The lowest BCUT2D eigenvalue weighted by Gasteiger charge is -2.31. The van der Waals surface area contributed by atoms with Crippen LogP contribution in [0.3, 0.4) is 0 Å². The maximum absolute atomic E-state index is 15.0. The molecule has 18 heteroatoms. The Labute approximate surface area is 387 Å². The van der Waals surface area contributed by atoms with Crippen LogP contribution in [0.1, 0.15) is 109 Å². The number of ether oxygens (including phenoxy) is 2. The van der Waals surface area contributed by atoms with Gasteiger partial charge in [0.2, 0.25) is 25.1 Å². The molecule has 2 saturated heterocycles. The molecule has 1 unspecified atom stereocenters. The first-order valence-corrected chi connectivity index (χ1v) is 26.0. The lowest BCUT2D eigenvalue weighted by atomic mass is 10.0. The fourth-order valence-electron chi connectivity index (χ4n) is 9.97. The number of aromatic nitrogens is 2. The van der Waals surface area contributed by atoms with Crippen molar-refractivity contribution < 1.29 is 42.1 Å². The van der Waals surface area contributed by atoms with Gasteiger partial charge in [-0.3, -0.25) is 18.9 Å². The molecule has 4 aliphatic rings. The topological polar surface area (TPSA) is 172 Å². The van der Waals surface area contributed by atoms with E-state index >= 15 is 0 Å². The van der Waals surface area contributed by atoms with Gasteiger partial charge in [-0.15, -0.1) is 11.3 Å². The lowest BCUT2D eigenvalue weighted by molar-refractivity contribution is -0.142. The summed E-state index contributed by atoms with van der Waals surface area (Å²) in [6.07, 6.45) is 7.66. The molecule has 4 fully saturated rings.